The number of carbonyl (C=O) groups is 1. The summed E-state index contributed by atoms with van der Waals surface area (Å²) < 4.78 is 22.2. The van der Waals surface area contributed by atoms with Crippen LogP contribution in [-0.4, -0.2) is 68.3 Å². The largest absolute Gasteiger partial charge is 0.496 e. The summed E-state index contributed by atoms with van der Waals surface area (Å²) in [6.07, 6.45) is 0. The van der Waals surface area contributed by atoms with E-state index < -0.39 is 0 Å². The van der Waals surface area contributed by atoms with E-state index in [4.69, 9.17) is 29.7 Å². The smallest absolute Gasteiger partial charge is 0.257 e. The van der Waals surface area contributed by atoms with E-state index in [-0.39, 0.29) is 5.91 Å². The van der Waals surface area contributed by atoms with Crippen LogP contribution < -0.4 is 29.6 Å². The number of methoxy groups -OCH3 is 3. The molecule has 0 bridgehead atoms. The molecule has 202 valence electrons. The van der Waals surface area contributed by atoms with E-state index in [1.54, 1.807) is 56.6 Å². The number of nitrogens with zero attached hydrogens (tertiary/aromatic N) is 4. The molecule has 10 nitrogen and oxygen atoms in total. The molecule has 3 aromatic carbocycles. The number of nitrogens with two attached hydrogens (primary N) is 1. The van der Waals surface area contributed by atoms with Crippen molar-refractivity contribution >= 4 is 28.6 Å². The highest BCUT2D eigenvalue weighted by Crippen LogP contribution is 2.34. The van der Waals surface area contributed by atoms with Crippen molar-refractivity contribution in [1.29, 1.82) is 0 Å². The van der Waals surface area contributed by atoms with Crippen molar-refractivity contribution in [3.63, 3.8) is 0 Å². The maximum atomic E-state index is 13.4. The predicted molar refractivity (Wildman–Crippen MR) is 149 cm³/mol. The highest BCUT2D eigenvalue weighted by atomic mass is 16.5. The minimum Gasteiger partial charge on any atom is -0.496 e. The second-order valence-electron chi connectivity index (χ2n) is 9.05. The van der Waals surface area contributed by atoms with E-state index in [0.717, 1.165) is 5.56 Å². The number of ether oxygens (including phenoxy) is 4. The first-order valence-electron chi connectivity index (χ1n) is 12.6. The maximum Gasteiger partial charge on any atom is 0.257 e. The van der Waals surface area contributed by atoms with Gasteiger partial charge in [0.05, 0.1) is 32.4 Å². The van der Waals surface area contributed by atoms with Crippen LogP contribution in [0.5, 0.6) is 23.0 Å². The molecule has 0 unspecified atom stereocenters. The summed E-state index contributed by atoms with van der Waals surface area (Å²) in [5.41, 5.74) is 8.48. The predicted octanol–water partition coefficient (Wildman–Crippen LogP) is 3.78. The van der Waals surface area contributed by atoms with Gasteiger partial charge in [0.15, 0.2) is 11.5 Å². The third-order valence-electron chi connectivity index (χ3n) is 6.72. The normalized spacial score (nSPS) is 13.3. The number of aromatic nitrogens is 2. The van der Waals surface area contributed by atoms with E-state index in [1.165, 1.54) is 0 Å². The minimum atomic E-state index is -0.100. The van der Waals surface area contributed by atoms with E-state index in [9.17, 15) is 4.79 Å². The number of nitrogen functional groups attached to an aromatic ring is 1. The lowest BCUT2D eigenvalue weighted by Gasteiger charge is -2.35. The quantitative estimate of drug-likeness (QED) is 0.364. The van der Waals surface area contributed by atoms with Crippen molar-refractivity contribution in [1.82, 2.24) is 14.9 Å². The summed E-state index contributed by atoms with van der Waals surface area (Å²) in [5, 5.41) is 0.688. The number of fused-ring (bicyclic) bond motifs is 1. The molecular weight excluding hydrogens is 498 g/mol. The number of piperazine rings is 1. The van der Waals surface area contributed by atoms with Gasteiger partial charge in [0.25, 0.3) is 5.91 Å². The van der Waals surface area contributed by atoms with Gasteiger partial charge in [0.1, 0.15) is 23.9 Å². The summed E-state index contributed by atoms with van der Waals surface area (Å²) in [6.45, 7) is 2.55. The number of benzene rings is 3. The Morgan fingerprint density at radius 2 is 1.54 bits per heavy atom. The standard InChI is InChI=1S/C29H31N5O5/c1-36-24-15-20(39-18-19-7-5-4-6-8-19)9-10-21(24)28(35)33-11-13-34(14-12-33)29-31-23-17-26(38-3)25(37-2)16-22(23)27(30)32-29/h4-10,15-17H,11-14,18H2,1-3H3,(H2,30,31,32). The zero-order chi connectivity index (χ0) is 27.4. The fourth-order valence-electron chi connectivity index (χ4n) is 4.57. The zero-order valence-electron chi connectivity index (χ0n) is 22.2. The second kappa shape index (κ2) is 11.3. The molecule has 1 saturated heterocycles. The average molecular weight is 530 g/mol. The van der Waals surface area contributed by atoms with Crippen LogP contribution in [-0.2, 0) is 6.61 Å². The highest BCUT2D eigenvalue weighted by molar-refractivity contribution is 5.97. The van der Waals surface area contributed by atoms with Gasteiger partial charge in [0, 0.05) is 43.7 Å². The van der Waals surface area contributed by atoms with Crippen molar-refractivity contribution in [3.8, 4) is 23.0 Å². The SMILES string of the molecule is COc1cc2nc(N3CCN(C(=O)c4ccc(OCc5ccccc5)cc4OC)CC3)nc(N)c2cc1OC. The highest BCUT2D eigenvalue weighted by Gasteiger charge is 2.26. The number of amides is 1. The van der Waals surface area contributed by atoms with Gasteiger partial charge in [-0.25, -0.2) is 4.98 Å². The van der Waals surface area contributed by atoms with Gasteiger partial charge < -0.3 is 34.5 Å². The van der Waals surface area contributed by atoms with Crippen LogP contribution in [0.1, 0.15) is 15.9 Å². The maximum absolute atomic E-state index is 13.4. The summed E-state index contributed by atoms with van der Waals surface area (Å²) in [4.78, 5) is 26.4. The van der Waals surface area contributed by atoms with E-state index >= 15 is 0 Å². The first-order chi connectivity index (χ1) is 19.0. The van der Waals surface area contributed by atoms with Crippen LogP contribution in [0.2, 0.25) is 0 Å². The molecule has 0 saturated carbocycles. The van der Waals surface area contributed by atoms with Crippen molar-refractivity contribution in [3.05, 3.63) is 71.8 Å². The number of hydrogen-bond acceptors (Lipinski definition) is 9. The van der Waals surface area contributed by atoms with Crippen molar-refractivity contribution in [2.45, 2.75) is 6.61 Å². The van der Waals surface area contributed by atoms with E-state index in [2.05, 4.69) is 4.98 Å². The summed E-state index contributed by atoms with van der Waals surface area (Å²) in [6, 6.07) is 18.8. The monoisotopic (exact) mass is 529 g/mol. The molecule has 0 aliphatic carbocycles. The van der Waals surface area contributed by atoms with Gasteiger partial charge in [-0.3, -0.25) is 4.79 Å². The molecule has 1 amide bonds. The molecule has 2 N–H and O–H groups in total. The molecule has 1 aromatic heterocycles. The van der Waals surface area contributed by atoms with Crippen molar-refractivity contribution in [2.24, 2.45) is 0 Å². The van der Waals surface area contributed by atoms with E-state index in [1.807, 2.05) is 35.2 Å². The first-order valence-corrected chi connectivity index (χ1v) is 12.6. The molecule has 0 radical (unpaired) electrons. The number of rotatable bonds is 8. The number of hydrogen-bond donors (Lipinski definition) is 1. The first kappa shape index (κ1) is 25.9. The van der Waals surface area contributed by atoms with Gasteiger partial charge >= 0.3 is 0 Å². The molecule has 1 aliphatic heterocycles. The molecule has 4 aromatic rings. The van der Waals surface area contributed by atoms with Crippen LogP contribution in [0.25, 0.3) is 10.9 Å². The van der Waals surface area contributed by atoms with Gasteiger partial charge in [-0.15, -0.1) is 0 Å². The molecule has 1 aliphatic rings. The van der Waals surface area contributed by atoms with Crippen molar-refractivity contribution in [2.75, 3.05) is 58.1 Å². The zero-order valence-corrected chi connectivity index (χ0v) is 22.2. The van der Waals surface area contributed by atoms with Crippen LogP contribution in [0.4, 0.5) is 11.8 Å². The molecule has 2 heterocycles. The Hall–Kier alpha value is -4.73. The molecule has 5 rings (SSSR count). The molecule has 1 fully saturated rings. The summed E-state index contributed by atoms with van der Waals surface area (Å²) in [7, 11) is 4.70. The Balaban J connectivity index is 1.26. The Bertz CT molecular complexity index is 1470. The van der Waals surface area contributed by atoms with Crippen LogP contribution in [0.3, 0.4) is 0 Å². The number of carbonyl (C=O) groups excluding carboxylic acids is 1. The lowest BCUT2D eigenvalue weighted by molar-refractivity contribution is 0.0742. The van der Waals surface area contributed by atoms with Gasteiger partial charge in [-0.05, 0) is 23.8 Å². The van der Waals surface area contributed by atoms with Gasteiger partial charge in [-0.2, -0.15) is 4.98 Å². The van der Waals surface area contributed by atoms with Crippen molar-refractivity contribution < 1.29 is 23.7 Å². The molecule has 39 heavy (non-hydrogen) atoms. The summed E-state index contributed by atoms with van der Waals surface area (Å²) >= 11 is 0. The lowest BCUT2D eigenvalue weighted by Crippen LogP contribution is -2.49. The fourth-order valence-corrected chi connectivity index (χ4v) is 4.57. The lowest BCUT2D eigenvalue weighted by atomic mass is 10.1. The number of anilines is 2. The molecule has 0 atom stereocenters. The minimum absolute atomic E-state index is 0.100. The Kier molecular flexibility index (Phi) is 7.53. The molecule has 10 heteroatoms. The van der Waals surface area contributed by atoms with Crippen LogP contribution >= 0.6 is 0 Å². The van der Waals surface area contributed by atoms with Gasteiger partial charge in [-0.1, -0.05) is 30.3 Å². The molecular formula is C29H31N5O5. The Morgan fingerprint density at radius 1 is 0.846 bits per heavy atom. The second-order valence-corrected chi connectivity index (χ2v) is 9.05. The molecule has 0 spiro atoms. The Morgan fingerprint density at radius 3 is 2.23 bits per heavy atom. The van der Waals surface area contributed by atoms with Gasteiger partial charge in [0.2, 0.25) is 5.95 Å². The third kappa shape index (κ3) is 5.45. The van der Waals surface area contributed by atoms with Crippen LogP contribution in [0.15, 0.2) is 60.7 Å². The topological polar surface area (TPSA) is 112 Å². The fraction of sp³-hybridized carbons (Fsp3) is 0.276. The summed E-state index contributed by atoms with van der Waals surface area (Å²) in [5.74, 6) is 3.00. The average Bonchev–Trinajstić information content (AvgIpc) is 2.99. The third-order valence-corrected chi connectivity index (χ3v) is 6.72. The Labute approximate surface area is 226 Å². The van der Waals surface area contributed by atoms with Crippen LogP contribution in [0, 0.1) is 0 Å². The van der Waals surface area contributed by atoms with E-state index in [0.29, 0.717) is 84.0 Å².